The fourth-order valence-corrected chi connectivity index (χ4v) is 2.32. The molecule has 1 atom stereocenters. The molecule has 126 valence electrons. The van der Waals surface area contributed by atoms with Gasteiger partial charge in [0.1, 0.15) is 11.8 Å². The van der Waals surface area contributed by atoms with E-state index in [0.29, 0.717) is 6.42 Å². The Kier molecular flexibility index (Phi) is 5.95. The maximum Gasteiger partial charge on any atom is 0.262 e. The molecule has 0 aliphatic heterocycles. The molecule has 0 heterocycles. The van der Waals surface area contributed by atoms with Gasteiger partial charge < -0.3 is 10.4 Å². The summed E-state index contributed by atoms with van der Waals surface area (Å²) in [4.78, 5) is 12.3. The number of aromatic hydroxyl groups is 1. The first-order chi connectivity index (χ1) is 11.5. The number of phenolic OH excluding ortho intramolecular Hbond substituents is 1. The van der Waals surface area contributed by atoms with Crippen molar-refractivity contribution in [2.45, 2.75) is 33.2 Å². The molecule has 2 aromatic rings. The molecule has 0 radical (unpaired) electrons. The van der Waals surface area contributed by atoms with E-state index in [-0.39, 0.29) is 17.7 Å². The topological polar surface area (TPSA) is 73.7 Å². The second-order valence-corrected chi connectivity index (χ2v) is 5.75. The number of rotatable bonds is 6. The SMILES string of the molecule is CCC(Nc1ccc(C)cc1C)C(=O)N/N=C/c1ccc(O)cc1. The van der Waals surface area contributed by atoms with E-state index in [1.54, 1.807) is 30.5 Å². The van der Waals surface area contributed by atoms with Crippen LogP contribution in [0.5, 0.6) is 5.75 Å². The zero-order chi connectivity index (χ0) is 17.5. The quantitative estimate of drug-likeness (QED) is 0.563. The number of carbonyl (C=O) groups is 1. The van der Waals surface area contributed by atoms with Gasteiger partial charge in [0.05, 0.1) is 6.21 Å². The van der Waals surface area contributed by atoms with E-state index in [4.69, 9.17) is 0 Å². The highest BCUT2D eigenvalue weighted by Crippen LogP contribution is 2.17. The van der Waals surface area contributed by atoms with Crippen molar-refractivity contribution in [3.63, 3.8) is 0 Å². The third-order valence-electron chi connectivity index (χ3n) is 3.72. The summed E-state index contributed by atoms with van der Waals surface area (Å²) in [6.07, 6.45) is 2.19. The lowest BCUT2D eigenvalue weighted by Gasteiger charge is -2.18. The molecule has 0 fully saturated rings. The van der Waals surface area contributed by atoms with E-state index in [1.165, 1.54) is 5.56 Å². The number of hydrogen-bond acceptors (Lipinski definition) is 4. The van der Waals surface area contributed by atoms with E-state index in [1.807, 2.05) is 32.9 Å². The Balaban J connectivity index is 1.97. The zero-order valence-corrected chi connectivity index (χ0v) is 14.2. The number of anilines is 1. The molecular formula is C19H23N3O2. The summed E-state index contributed by atoms with van der Waals surface area (Å²) in [7, 11) is 0. The molecule has 0 saturated heterocycles. The molecule has 24 heavy (non-hydrogen) atoms. The Labute approximate surface area is 142 Å². The molecule has 2 aromatic carbocycles. The molecule has 1 amide bonds. The Morgan fingerprint density at radius 1 is 1.21 bits per heavy atom. The fourth-order valence-electron chi connectivity index (χ4n) is 2.32. The van der Waals surface area contributed by atoms with Crippen LogP contribution >= 0.6 is 0 Å². The van der Waals surface area contributed by atoms with Crippen molar-refractivity contribution in [2.75, 3.05) is 5.32 Å². The number of hydrazone groups is 1. The van der Waals surface area contributed by atoms with Gasteiger partial charge in [-0.15, -0.1) is 0 Å². The van der Waals surface area contributed by atoms with Crippen LogP contribution in [0.3, 0.4) is 0 Å². The van der Waals surface area contributed by atoms with E-state index in [2.05, 4.69) is 21.9 Å². The molecule has 0 aliphatic rings. The standard InChI is InChI=1S/C19H23N3O2/c1-4-17(21-18-10-5-13(2)11-14(18)3)19(24)22-20-12-15-6-8-16(23)9-7-15/h5-12,17,21,23H,4H2,1-3H3,(H,22,24)/b20-12+. The van der Waals surface area contributed by atoms with Crippen LogP contribution in [-0.2, 0) is 4.79 Å². The summed E-state index contributed by atoms with van der Waals surface area (Å²) in [6, 6.07) is 12.3. The van der Waals surface area contributed by atoms with Gasteiger partial charge >= 0.3 is 0 Å². The van der Waals surface area contributed by atoms with Crippen molar-refractivity contribution in [2.24, 2.45) is 5.10 Å². The first kappa shape index (κ1) is 17.5. The number of benzene rings is 2. The van der Waals surface area contributed by atoms with Gasteiger partial charge in [-0.3, -0.25) is 4.79 Å². The highest BCUT2D eigenvalue weighted by Gasteiger charge is 2.16. The van der Waals surface area contributed by atoms with Crippen LogP contribution in [0.2, 0.25) is 0 Å². The molecule has 0 saturated carbocycles. The lowest BCUT2D eigenvalue weighted by Crippen LogP contribution is -2.37. The molecule has 1 unspecified atom stereocenters. The summed E-state index contributed by atoms with van der Waals surface area (Å²) < 4.78 is 0. The van der Waals surface area contributed by atoms with Gasteiger partial charge in [0, 0.05) is 5.69 Å². The second kappa shape index (κ2) is 8.15. The van der Waals surface area contributed by atoms with Crippen LogP contribution in [0.4, 0.5) is 5.69 Å². The third-order valence-corrected chi connectivity index (χ3v) is 3.72. The molecule has 0 bridgehead atoms. The highest BCUT2D eigenvalue weighted by atomic mass is 16.3. The summed E-state index contributed by atoms with van der Waals surface area (Å²) in [6.45, 7) is 6.01. The van der Waals surface area contributed by atoms with E-state index < -0.39 is 0 Å². The first-order valence-electron chi connectivity index (χ1n) is 7.95. The Morgan fingerprint density at radius 2 is 1.92 bits per heavy atom. The number of hydrogen-bond donors (Lipinski definition) is 3. The third kappa shape index (κ3) is 4.84. The van der Waals surface area contributed by atoms with Gasteiger partial charge in [-0.1, -0.05) is 24.6 Å². The molecule has 0 aromatic heterocycles. The number of phenols is 1. The molecule has 2 rings (SSSR count). The van der Waals surface area contributed by atoms with Gasteiger partial charge in [-0.05, 0) is 61.7 Å². The fraction of sp³-hybridized carbons (Fsp3) is 0.263. The predicted octanol–water partition coefficient (Wildman–Crippen LogP) is 3.35. The average molecular weight is 325 g/mol. The monoisotopic (exact) mass is 325 g/mol. The minimum absolute atomic E-state index is 0.187. The first-order valence-corrected chi connectivity index (χ1v) is 7.95. The van der Waals surface area contributed by atoms with Gasteiger partial charge in [0.25, 0.3) is 5.91 Å². The highest BCUT2D eigenvalue weighted by molar-refractivity contribution is 5.87. The normalized spacial score (nSPS) is 12.1. The van der Waals surface area contributed by atoms with Crippen LogP contribution in [0.25, 0.3) is 0 Å². The Hall–Kier alpha value is -2.82. The number of nitrogens with one attached hydrogen (secondary N) is 2. The summed E-state index contributed by atoms with van der Waals surface area (Å²) >= 11 is 0. The van der Waals surface area contributed by atoms with Crippen molar-refractivity contribution in [1.82, 2.24) is 5.43 Å². The van der Waals surface area contributed by atoms with E-state index in [0.717, 1.165) is 16.8 Å². The Morgan fingerprint density at radius 3 is 2.54 bits per heavy atom. The number of nitrogens with zero attached hydrogens (tertiary/aromatic N) is 1. The minimum atomic E-state index is -0.358. The van der Waals surface area contributed by atoms with Crippen molar-refractivity contribution in [1.29, 1.82) is 0 Å². The van der Waals surface area contributed by atoms with Crippen molar-refractivity contribution in [3.05, 3.63) is 59.2 Å². The van der Waals surface area contributed by atoms with Crippen LogP contribution < -0.4 is 10.7 Å². The summed E-state index contributed by atoms with van der Waals surface area (Å²) in [5.74, 6) is 0.00686. The lowest BCUT2D eigenvalue weighted by molar-refractivity contribution is -0.121. The van der Waals surface area contributed by atoms with Crippen LogP contribution in [0, 0.1) is 13.8 Å². The lowest BCUT2D eigenvalue weighted by atomic mass is 10.1. The molecule has 3 N–H and O–H groups in total. The molecule has 0 aliphatic carbocycles. The second-order valence-electron chi connectivity index (χ2n) is 5.75. The zero-order valence-electron chi connectivity index (χ0n) is 14.2. The van der Waals surface area contributed by atoms with Gasteiger partial charge in [-0.25, -0.2) is 5.43 Å². The number of amides is 1. The van der Waals surface area contributed by atoms with Crippen LogP contribution in [-0.4, -0.2) is 23.3 Å². The maximum atomic E-state index is 12.3. The molecule has 0 spiro atoms. The van der Waals surface area contributed by atoms with Crippen LogP contribution in [0.1, 0.15) is 30.0 Å². The van der Waals surface area contributed by atoms with Crippen molar-refractivity contribution >= 4 is 17.8 Å². The maximum absolute atomic E-state index is 12.3. The van der Waals surface area contributed by atoms with Crippen LogP contribution in [0.15, 0.2) is 47.6 Å². The van der Waals surface area contributed by atoms with E-state index >= 15 is 0 Å². The Bertz CT molecular complexity index is 724. The molecular weight excluding hydrogens is 302 g/mol. The van der Waals surface area contributed by atoms with Crippen molar-refractivity contribution in [3.8, 4) is 5.75 Å². The van der Waals surface area contributed by atoms with Gasteiger partial charge in [0.2, 0.25) is 0 Å². The number of aryl methyl sites for hydroxylation is 2. The van der Waals surface area contributed by atoms with Gasteiger partial charge in [0.15, 0.2) is 0 Å². The van der Waals surface area contributed by atoms with Crippen molar-refractivity contribution < 1.29 is 9.90 Å². The van der Waals surface area contributed by atoms with E-state index in [9.17, 15) is 9.90 Å². The van der Waals surface area contributed by atoms with Gasteiger partial charge in [-0.2, -0.15) is 5.10 Å². The molecule has 5 nitrogen and oxygen atoms in total. The summed E-state index contributed by atoms with van der Waals surface area (Å²) in [5.41, 5.74) is 6.59. The predicted molar refractivity (Wildman–Crippen MR) is 97.5 cm³/mol. The smallest absolute Gasteiger partial charge is 0.262 e. The molecule has 5 heteroatoms. The number of carbonyl (C=O) groups excluding carboxylic acids is 1. The summed E-state index contributed by atoms with van der Waals surface area (Å²) in [5, 5.41) is 16.5. The minimum Gasteiger partial charge on any atom is -0.508 e. The average Bonchev–Trinajstić information content (AvgIpc) is 2.56. The largest absolute Gasteiger partial charge is 0.508 e.